The minimum atomic E-state index is -0.861. The Morgan fingerprint density at radius 2 is 2.05 bits per heavy atom. The van der Waals surface area contributed by atoms with Crippen LogP contribution in [0.25, 0.3) is 0 Å². The summed E-state index contributed by atoms with van der Waals surface area (Å²) in [5, 5.41) is 9.44. The van der Waals surface area contributed by atoms with Gasteiger partial charge in [0.05, 0.1) is 11.5 Å². The van der Waals surface area contributed by atoms with Gasteiger partial charge in [-0.05, 0) is 44.4 Å². The predicted octanol–water partition coefficient (Wildman–Crippen LogP) is 1.96. The maximum Gasteiger partial charge on any atom is 0.327 e. The van der Waals surface area contributed by atoms with E-state index in [-0.39, 0.29) is 11.3 Å². The fourth-order valence-electron chi connectivity index (χ4n) is 3.34. The van der Waals surface area contributed by atoms with E-state index in [0.717, 1.165) is 32.3 Å². The van der Waals surface area contributed by atoms with E-state index in [2.05, 4.69) is 0 Å². The normalized spacial score (nSPS) is 35.6. The summed E-state index contributed by atoms with van der Waals surface area (Å²) in [7, 11) is 0. The van der Waals surface area contributed by atoms with E-state index in [9.17, 15) is 14.7 Å². The minimum Gasteiger partial charge on any atom is -0.480 e. The Bertz CT molecular complexity index is 420. The SMILES string of the molecule is CCOC1CC(CC(=O)N2C(C(=O)O)CSC2C2CC2)C1. The lowest BCUT2D eigenvalue weighted by molar-refractivity contribution is -0.150. The number of carboxylic acid groups (broad SMARTS) is 1. The average Bonchev–Trinajstić information content (AvgIpc) is 3.14. The van der Waals surface area contributed by atoms with Gasteiger partial charge in [-0.25, -0.2) is 4.79 Å². The summed E-state index contributed by atoms with van der Waals surface area (Å²) < 4.78 is 5.52. The van der Waals surface area contributed by atoms with Gasteiger partial charge in [0, 0.05) is 18.8 Å². The Kier molecular flexibility index (Phi) is 4.45. The predicted molar refractivity (Wildman–Crippen MR) is 80.0 cm³/mol. The number of hydrogen-bond donors (Lipinski definition) is 1. The second-order valence-electron chi connectivity index (χ2n) is 6.34. The first kappa shape index (κ1) is 15.2. The molecule has 1 N–H and O–H groups in total. The Morgan fingerprint density at radius 3 is 2.62 bits per heavy atom. The van der Waals surface area contributed by atoms with Gasteiger partial charge in [-0.15, -0.1) is 11.8 Å². The van der Waals surface area contributed by atoms with Gasteiger partial charge in [0.15, 0.2) is 0 Å². The van der Waals surface area contributed by atoms with Gasteiger partial charge < -0.3 is 14.7 Å². The minimum absolute atomic E-state index is 0.0317. The maximum atomic E-state index is 12.6. The molecule has 2 aliphatic carbocycles. The van der Waals surface area contributed by atoms with Crippen molar-refractivity contribution in [3.05, 3.63) is 0 Å². The van der Waals surface area contributed by atoms with Crippen LogP contribution >= 0.6 is 11.8 Å². The molecule has 0 aromatic rings. The van der Waals surface area contributed by atoms with Crippen molar-refractivity contribution < 1.29 is 19.4 Å². The van der Waals surface area contributed by atoms with Crippen LogP contribution in [0.3, 0.4) is 0 Å². The number of thioether (sulfide) groups is 1. The molecule has 1 amide bonds. The Morgan fingerprint density at radius 1 is 1.33 bits per heavy atom. The number of aliphatic carboxylic acids is 1. The Hall–Kier alpha value is -0.750. The Balaban J connectivity index is 1.57. The number of hydrogen-bond acceptors (Lipinski definition) is 4. The molecule has 2 saturated carbocycles. The number of ether oxygens (including phenoxy) is 1. The van der Waals surface area contributed by atoms with E-state index in [4.69, 9.17) is 4.74 Å². The van der Waals surface area contributed by atoms with Gasteiger partial charge in [-0.3, -0.25) is 4.79 Å². The van der Waals surface area contributed by atoms with Crippen molar-refractivity contribution in [2.24, 2.45) is 11.8 Å². The zero-order valence-corrected chi connectivity index (χ0v) is 13.2. The second-order valence-corrected chi connectivity index (χ2v) is 7.48. The summed E-state index contributed by atoms with van der Waals surface area (Å²) in [5.41, 5.74) is 0. The zero-order valence-electron chi connectivity index (χ0n) is 12.4. The summed E-state index contributed by atoms with van der Waals surface area (Å²) in [5.74, 6) is 0.591. The molecule has 0 aromatic carbocycles. The van der Waals surface area contributed by atoms with Gasteiger partial charge in [-0.1, -0.05) is 0 Å². The van der Waals surface area contributed by atoms with Gasteiger partial charge in [0.25, 0.3) is 0 Å². The van der Waals surface area contributed by atoms with Crippen molar-refractivity contribution in [1.29, 1.82) is 0 Å². The van der Waals surface area contributed by atoms with E-state index in [1.807, 2.05) is 6.92 Å². The summed E-state index contributed by atoms with van der Waals surface area (Å²) in [6.45, 7) is 2.70. The molecule has 21 heavy (non-hydrogen) atoms. The maximum absolute atomic E-state index is 12.6. The van der Waals surface area contributed by atoms with E-state index in [1.165, 1.54) is 0 Å². The third-order valence-corrected chi connectivity index (χ3v) is 6.15. The monoisotopic (exact) mass is 313 g/mol. The highest BCUT2D eigenvalue weighted by Gasteiger charge is 2.48. The lowest BCUT2D eigenvalue weighted by Gasteiger charge is -2.36. The van der Waals surface area contributed by atoms with Gasteiger partial charge in [0.2, 0.25) is 5.91 Å². The number of nitrogens with zero attached hydrogens (tertiary/aromatic N) is 1. The summed E-state index contributed by atoms with van der Waals surface area (Å²) in [4.78, 5) is 25.6. The van der Waals surface area contributed by atoms with Crippen LogP contribution < -0.4 is 0 Å². The lowest BCUT2D eigenvalue weighted by Crippen LogP contribution is -2.47. The molecule has 3 aliphatic rings. The molecular formula is C15H23NO4S. The standard InChI is InChI=1S/C15H23NO4S/c1-2-20-11-5-9(6-11)7-13(17)16-12(15(18)19)8-21-14(16)10-3-4-10/h9-12,14H,2-8H2,1H3,(H,18,19). The second kappa shape index (κ2) is 6.16. The molecule has 118 valence electrons. The van der Waals surface area contributed by atoms with E-state index >= 15 is 0 Å². The van der Waals surface area contributed by atoms with Crippen LogP contribution in [-0.2, 0) is 14.3 Å². The van der Waals surface area contributed by atoms with Crippen LogP contribution in [0.4, 0.5) is 0 Å². The van der Waals surface area contributed by atoms with Crippen LogP contribution in [0, 0.1) is 11.8 Å². The van der Waals surface area contributed by atoms with E-state index in [0.29, 0.717) is 30.1 Å². The quantitative estimate of drug-likeness (QED) is 0.812. The molecule has 2 unspecified atom stereocenters. The number of amides is 1. The summed E-state index contributed by atoms with van der Waals surface area (Å²) in [6, 6.07) is -0.629. The first-order valence-electron chi connectivity index (χ1n) is 7.87. The van der Waals surface area contributed by atoms with Crippen LogP contribution in [-0.4, -0.2) is 51.8 Å². The molecule has 1 aliphatic heterocycles. The number of carbonyl (C=O) groups is 2. The van der Waals surface area contributed by atoms with E-state index < -0.39 is 12.0 Å². The molecule has 6 heteroatoms. The third kappa shape index (κ3) is 3.21. The van der Waals surface area contributed by atoms with Gasteiger partial charge >= 0.3 is 5.97 Å². The van der Waals surface area contributed by atoms with Crippen LogP contribution in [0.15, 0.2) is 0 Å². The van der Waals surface area contributed by atoms with Crippen molar-refractivity contribution in [2.45, 2.75) is 56.5 Å². The van der Waals surface area contributed by atoms with Crippen molar-refractivity contribution >= 4 is 23.6 Å². The lowest BCUT2D eigenvalue weighted by atomic mass is 9.79. The van der Waals surface area contributed by atoms with Gasteiger partial charge in [-0.2, -0.15) is 0 Å². The molecule has 1 saturated heterocycles. The number of rotatable bonds is 6. The fraction of sp³-hybridized carbons (Fsp3) is 0.867. The number of carbonyl (C=O) groups excluding carboxylic acids is 1. The van der Waals surface area contributed by atoms with Crippen molar-refractivity contribution in [3.8, 4) is 0 Å². The topological polar surface area (TPSA) is 66.8 Å². The van der Waals surface area contributed by atoms with Crippen LogP contribution in [0.2, 0.25) is 0 Å². The molecule has 0 aromatic heterocycles. The Labute approximate surface area is 129 Å². The highest BCUT2D eigenvalue weighted by Crippen LogP contribution is 2.46. The molecule has 5 nitrogen and oxygen atoms in total. The fourth-order valence-corrected chi connectivity index (χ4v) is 5.00. The summed E-state index contributed by atoms with van der Waals surface area (Å²) in [6.07, 6.45) is 4.92. The zero-order chi connectivity index (χ0) is 15.0. The molecule has 0 bridgehead atoms. The molecule has 1 heterocycles. The molecule has 3 rings (SSSR count). The number of carboxylic acids is 1. The smallest absolute Gasteiger partial charge is 0.327 e. The van der Waals surface area contributed by atoms with Crippen molar-refractivity contribution in [2.75, 3.05) is 12.4 Å². The first-order valence-corrected chi connectivity index (χ1v) is 8.92. The van der Waals surface area contributed by atoms with Crippen molar-refractivity contribution in [3.63, 3.8) is 0 Å². The molecule has 0 radical (unpaired) electrons. The molecular weight excluding hydrogens is 290 g/mol. The van der Waals surface area contributed by atoms with Crippen LogP contribution in [0.5, 0.6) is 0 Å². The average molecular weight is 313 g/mol. The highest BCUT2D eigenvalue weighted by atomic mass is 32.2. The highest BCUT2D eigenvalue weighted by molar-refractivity contribution is 8.00. The molecule has 3 fully saturated rings. The van der Waals surface area contributed by atoms with Gasteiger partial charge in [0.1, 0.15) is 6.04 Å². The van der Waals surface area contributed by atoms with Crippen molar-refractivity contribution in [1.82, 2.24) is 4.90 Å². The third-order valence-electron chi connectivity index (χ3n) is 4.69. The van der Waals surface area contributed by atoms with E-state index in [1.54, 1.807) is 16.7 Å². The molecule has 2 atom stereocenters. The largest absolute Gasteiger partial charge is 0.480 e. The molecule has 0 spiro atoms. The first-order chi connectivity index (χ1) is 10.1. The summed E-state index contributed by atoms with van der Waals surface area (Å²) >= 11 is 1.65. The van der Waals surface area contributed by atoms with Crippen LogP contribution in [0.1, 0.15) is 39.0 Å².